The second kappa shape index (κ2) is 4.79. The van der Waals surface area contributed by atoms with E-state index in [1.165, 1.54) is 4.21 Å². The second-order valence-corrected chi connectivity index (χ2v) is 5.41. The highest BCUT2D eigenvalue weighted by atomic mass is 32.2. The van der Waals surface area contributed by atoms with Gasteiger partial charge in [0.05, 0.1) is 10.3 Å². The van der Waals surface area contributed by atoms with E-state index < -0.39 is 6.10 Å². The van der Waals surface area contributed by atoms with Crippen LogP contribution < -0.4 is 0 Å². The molecule has 0 bridgehead atoms. The third-order valence-corrected chi connectivity index (χ3v) is 3.93. The number of aromatic nitrogens is 1. The van der Waals surface area contributed by atoms with Crippen molar-refractivity contribution in [3.05, 3.63) is 41.4 Å². The van der Waals surface area contributed by atoms with Crippen LogP contribution in [0.25, 0.3) is 0 Å². The van der Waals surface area contributed by atoms with Crippen LogP contribution in [0.15, 0.2) is 45.1 Å². The largest absolute Gasteiger partial charge is 0.389 e. The van der Waals surface area contributed by atoms with Crippen molar-refractivity contribution in [2.24, 2.45) is 0 Å². The van der Waals surface area contributed by atoms with E-state index in [4.69, 9.17) is 0 Å². The van der Waals surface area contributed by atoms with Crippen LogP contribution in [-0.2, 0) is 0 Å². The number of aliphatic hydroxyl groups excluding tert-OH is 1. The Morgan fingerprint density at radius 3 is 2.80 bits per heavy atom. The van der Waals surface area contributed by atoms with Gasteiger partial charge in [0.1, 0.15) is 5.03 Å². The van der Waals surface area contributed by atoms with Crippen LogP contribution in [0, 0.1) is 0 Å². The first-order chi connectivity index (χ1) is 7.25. The Bertz CT molecular complexity index is 409. The lowest BCUT2D eigenvalue weighted by molar-refractivity contribution is 0.198. The molecule has 2 aromatic heterocycles. The molecule has 0 fully saturated rings. The Hall–Kier alpha value is -0.840. The lowest BCUT2D eigenvalue weighted by Gasteiger charge is -2.04. The maximum Gasteiger partial charge on any atom is 0.101 e. The maximum atomic E-state index is 9.33. The normalized spacial score (nSPS) is 12.7. The van der Waals surface area contributed by atoms with Gasteiger partial charge >= 0.3 is 0 Å². The van der Waals surface area contributed by atoms with Crippen molar-refractivity contribution >= 4 is 23.1 Å². The molecular formula is C11H11NOS2. The fraction of sp³-hybridized carbons (Fsp3) is 0.182. The molecule has 0 saturated carbocycles. The summed E-state index contributed by atoms with van der Waals surface area (Å²) in [4.78, 5) is 4.28. The maximum absolute atomic E-state index is 9.33. The number of thiophene rings is 1. The summed E-state index contributed by atoms with van der Waals surface area (Å²) in [5.41, 5.74) is 0.852. The van der Waals surface area contributed by atoms with Crippen molar-refractivity contribution in [1.82, 2.24) is 4.98 Å². The van der Waals surface area contributed by atoms with Gasteiger partial charge < -0.3 is 5.11 Å². The van der Waals surface area contributed by atoms with Crippen LogP contribution in [0.3, 0.4) is 0 Å². The minimum Gasteiger partial charge on any atom is -0.389 e. The zero-order chi connectivity index (χ0) is 10.7. The molecule has 78 valence electrons. The van der Waals surface area contributed by atoms with Crippen LogP contribution in [0.1, 0.15) is 18.6 Å². The summed E-state index contributed by atoms with van der Waals surface area (Å²) >= 11 is 3.34. The summed E-state index contributed by atoms with van der Waals surface area (Å²) in [7, 11) is 0. The smallest absolute Gasteiger partial charge is 0.101 e. The van der Waals surface area contributed by atoms with Crippen LogP contribution in [-0.4, -0.2) is 10.1 Å². The zero-order valence-corrected chi connectivity index (χ0v) is 9.89. The molecule has 0 aliphatic carbocycles. The average Bonchev–Trinajstić information content (AvgIpc) is 2.71. The van der Waals surface area contributed by atoms with Gasteiger partial charge in [0.2, 0.25) is 0 Å². The van der Waals surface area contributed by atoms with E-state index in [-0.39, 0.29) is 0 Å². The minimum absolute atomic E-state index is 0.446. The predicted octanol–water partition coefficient (Wildman–Crippen LogP) is 3.35. The van der Waals surface area contributed by atoms with Gasteiger partial charge in [-0.25, -0.2) is 4.98 Å². The van der Waals surface area contributed by atoms with Crippen molar-refractivity contribution in [1.29, 1.82) is 0 Å². The van der Waals surface area contributed by atoms with E-state index in [0.29, 0.717) is 0 Å². The van der Waals surface area contributed by atoms with Crippen molar-refractivity contribution < 1.29 is 5.11 Å². The average molecular weight is 237 g/mol. The molecule has 0 saturated heterocycles. The molecule has 0 radical (unpaired) electrons. The Kier molecular flexibility index (Phi) is 3.41. The molecule has 0 aliphatic rings. The minimum atomic E-state index is -0.446. The molecular weight excluding hydrogens is 226 g/mol. The van der Waals surface area contributed by atoms with Crippen molar-refractivity contribution in [2.45, 2.75) is 22.3 Å². The van der Waals surface area contributed by atoms with Gasteiger partial charge in [-0.1, -0.05) is 23.9 Å². The number of hydrogen-bond acceptors (Lipinski definition) is 4. The molecule has 2 heterocycles. The monoisotopic (exact) mass is 237 g/mol. The van der Waals surface area contributed by atoms with Crippen molar-refractivity contribution in [3.8, 4) is 0 Å². The predicted molar refractivity (Wildman–Crippen MR) is 63.3 cm³/mol. The van der Waals surface area contributed by atoms with E-state index in [0.717, 1.165) is 10.6 Å². The fourth-order valence-corrected chi connectivity index (χ4v) is 2.78. The lowest BCUT2D eigenvalue weighted by atomic mass is 10.2. The Morgan fingerprint density at radius 1 is 1.40 bits per heavy atom. The van der Waals surface area contributed by atoms with Gasteiger partial charge in [-0.3, -0.25) is 0 Å². The molecule has 1 atom stereocenters. The fourth-order valence-electron chi connectivity index (χ4n) is 1.12. The summed E-state index contributed by atoms with van der Waals surface area (Å²) in [6, 6.07) is 7.94. The second-order valence-electron chi connectivity index (χ2n) is 3.14. The van der Waals surface area contributed by atoms with E-state index in [9.17, 15) is 5.11 Å². The van der Waals surface area contributed by atoms with Gasteiger partial charge in [0, 0.05) is 6.20 Å². The summed E-state index contributed by atoms with van der Waals surface area (Å²) in [5.74, 6) is 0. The van der Waals surface area contributed by atoms with Gasteiger partial charge in [0.15, 0.2) is 0 Å². The molecule has 0 aliphatic heterocycles. The molecule has 15 heavy (non-hydrogen) atoms. The van der Waals surface area contributed by atoms with Gasteiger partial charge in [-0.2, -0.15) is 0 Å². The summed E-state index contributed by atoms with van der Waals surface area (Å²) in [6.45, 7) is 1.74. The first-order valence-corrected chi connectivity index (χ1v) is 6.30. The number of hydrogen-bond donors (Lipinski definition) is 1. The molecule has 0 aromatic carbocycles. The summed E-state index contributed by atoms with van der Waals surface area (Å²) in [6.07, 6.45) is 1.28. The van der Waals surface area contributed by atoms with Gasteiger partial charge in [0.25, 0.3) is 0 Å². The quantitative estimate of drug-likeness (QED) is 0.888. The Labute approximate surface area is 97.0 Å². The molecule has 2 nitrogen and oxygen atoms in total. The van der Waals surface area contributed by atoms with E-state index in [1.54, 1.807) is 36.2 Å². The lowest BCUT2D eigenvalue weighted by Crippen LogP contribution is -1.91. The first kappa shape index (κ1) is 10.7. The molecule has 1 N–H and O–H groups in total. The Balaban J connectivity index is 2.11. The van der Waals surface area contributed by atoms with Crippen LogP contribution >= 0.6 is 23.1 Å². The third-order valence-electron chi connectivity index (χ3n) is 1.94. The number of nitrogens with zero attached hydrogens (tertiary/aromatic N) is 1. The highest BCUT2D eigenvalue weighted by molar-refractivity contribution is 8.01. The number of pyridine rings is 1. The number of rotatable bonds is 3. The summed E-state index contributed by atoms with van der Waals surface area (Å²) in [5, 5.41) is 12.3. The molecule has 0 amide bonds. The zero-order valence-electron chi connectivity index (χ0n) is 8.25. The van der Waals surface area contributed by atoms with E-state index in [1.807, 2.05) is 23.6 Å². The number of aliphatic hydroxyl groups is 1. The van der Waals surface area contributed by atoms with E-state index >= 15 is 0 Å². The van der Waals surface area contributed by atoms with Gasteiger partial charge in [-0.15, -0.1) is 11.3 Å². The SMILES string of the molecule is C[C@H](O)c1ccc(Sc2cccs2)nc1. The molecule has 2 rings (SSSR count). The molecule has 0 spiro atoms. The highest BCUT2D eigenvalue weighted by Gasteiger charge is 2.03. The molecule has 2 aromatic rings. The molecule has 4 heteroatoms. The van der Waals surface area contributed by atoms with Crippen LogP contribution in [0.4, 0.5) is 0 Å². The van der Waals surface area contributed by atoms with Gasteiger partial charge in [-0.05, 0) is 30.0 Å². The van der Waals surface area contributed by atoms with E-state index in [2.05, 4.69) is 11.1 Å². The van der Waals surface area contributed by atoms with Crippen molar-refractivity contribution in [2.75, 3.05) is 0 Å². The standard InChI is InChI=1S/C11H11NOS2/c1-8(13)9-4-5-10(12-7-9)15-11-3-2-6-14-11/h2-8,13H,1H3/t8-/m0/s1. The van der Waals surface area contributed by atoms with Crippen molar-refractivity contribution in [3.63, 3.8) is 0 Å². The topological polar surface area (TPSA) is 33.1 Å². The summed E-state index contributed by atoms with van der Waals surface area (Å²) < 4.78 is 1.23. The first-order valence-electron chi connectivity index (χ1n) is 4.61. The van der Waals surface area contributed by atoms with Crippen LogP contribution in [0.5, 0.6) is 0 Å². The highest BCUT2D eigenvalue weighted by Crippen LogP contribution is 2.30. The molecule has 0 unspecified atom stereocenters. The Morgan fingerprint density at radius 2 is 2.27 bits per heavy atom. The van der Waals surface area contributed by atoms with Crippen LogP contribution in [0.2, 0.25) is 0 Å². The third kappa shape index (κ3) is 2.81.